The number of piperazine rings is 1. The van der Waals surface area contributed by atoms with Gasteiger partial charge in [-0.05, 0) is 19.9 Å². The molecule has 1 heterocycles. The maximum absolute atomic E-state index is 12.2. The van der Waals surface area contributed by atoms with Gasteiger partial charge in [-0.2, -0.15) is 5.26 Å². The van der Waals surface area contributed by atoms with Crippen LogP contribution in [0.1, 0.15) is 25.7 Å². The molecule has 5 heteroatoms. The van der Waals surface area contributed by atoms with Crippen LogP contribution in [0.2, 0.25) is 0 Å². The van der Waals surface area contributed by atoms with Crippen LogP contribution in [0.25, 0.3) is 0 Å². The minimum absolute atomic E-state index is 0.0953. The van der Waals surface area contributed by atoms with Gasteiger partial charge < -0.3 is 4.90 Å². The lowest BCUT2D eigenvalue weighted by Gasteiger charge is -2.34. The summed E-state index contributed by atoms with van der Waals surface area (Å²) in [6.07, 6.45) is 3.40. The molecule has 0 spiro atoms. The van der Waals surface area contributed by atoms with E-state index in [-0.39, 0.29) is 5.91 Å². The normalized spacial score (nSPS) is 25.4. The zero-order chi connectivity index (χ0) is 12.3. The van der Waals surface area contributed by atoms with Crippen LogP contribution in [-0.2, 0) is 4.79 Å². The number of nitrogens with one attached hydrogen (secondary N) is 1. The molecule has 0 bridgehead atoms. The van der Waals surface area contributed by atoms with Crippen LogP contribution in [0.5, 0.6) is 0 Å². The number of likely N-dealkylation sites (N-methyl/N-ethyl adjacent to an activating group) is 1. The summed E-state index contributed by atoms with van der Waals surface area (Å²) in [5.41, 5.74) is 2.16. The third kappa shape index (κ3) is 2.59. The van der Waals surface area contributed by atoms with E-state index in [9.17, 15) is 10.1 Å². The number of hydrogen-bond acceptors (Lipinski definition) is 4. The number of nitriles is 1. The van der Waals surface area contributed by atoms with E-state index in [0.29, 0.717) is 12.8 Å². The van der Waals surface area contributed by atoms with Crippen molar-refractivity contribution < 1.29 is 4.79 Å². The molecule has 0 radical (unpaired) electrons. The largest absolute Gasteiger partial charge is 0.304 e. The summed E-state index contributed by atoms with van der Waals surface area (Å²) >= 11 is 0. The third-order valence-electron chi connectivity index (χ3n) is 3.87. The van der Waals surface area contributed by atoms with Crippen LogP contribution >= 0.6 is 0 Å². The van der Waals surface area contributed by atoms with Crippen molar-refractivity contribution in [3.8, 4) is 6.07 Å². The highest BCUT2D eigenvalue weighted by Crippen LogP contribution is 2.37. The second kappa shape index (κ2) is 5.03. The average molecular weight is 236 g/mol. The highest BCUT2D eigenvalue weighted by Gasteiger charge is 2.42. The van der Waals surface area contributed by atoms with Gasteiger partial charge in [0.05, 0.1) is 6.07 Å². The Morgan fingerprint density at radius 3 is 2.35 bits per heavy atom. The summed E-state index contributed by atoms with van der Waals surface area (Å²) in [7, 11) is 2.08. The highest BCUT2D eigenvalue weighted by atomic mass is 16.2. The van der Waals surface area contributed by atoms with Crippen LogP contribution in [0.3, 0.4) is 0 Å². The van der Waals surface area contributed by atoms with E-state index in [4.69, 9.17) is 0 Å². The van der Waals surface area contributed by atoms with Crippen LogP contribution in [0.15, 0.2) is 0 Å². The molecule has 2 fully saturated rings. The van der Waals surface area contributed by atoms with Gasteiger partial charge >= 0.3 is 0 Å². The van der Waals surface area contributed by atoms with Gasteiger partial charge in [0.15, 0.2) is 0 Å². The van der Waals surface area contributed by atoms with Crippen molar-refractivity contribution in [1.29, 1.82) is 5.26 Å². The average Bonchev–Trinajstić information content (AvgIpc) is 2.82. The monoisotopic (exact) mass is 236 g/mol. The molecule has 1 saturated heterocycles. The Bertz CT molecular complexity index is 322. The van der Waals surface area contributed by atoms with Crippen LogP contribution in [0.4, 0.5) is 0 Å². The lowest BCUT2D eigenvalue weighted by atomic mass is 9.87. The smallest absolute Gasteiger partial charge is 0.254 e. The molecule has 1 saturated carbocycles. The van der Waals surface area contributed by atoms with E-state index >= 15 is 0 Å². The first-order valence-electron chi connectivity index (χ1n) is 6.32. The number of hydrazine groups is 1. The fraction of sp³-hybridized carbons (Fsp3) is 0.833. The Morgan fingerprint density at radius 2 is 1.82 bits per heavy atom. The molecule has 1 aliphatic carbocycles. The van der Waals surface area contributed by atoms with Crippen LogP contribution in [-0.4, -0.2) is 49.0 Å². The quantitative estimate of drug-likeness (QED) is 0.751. The van der Waals surface area contributed by atoms with Crippen molar-refractivity contribution in [2.45, 2.75) is 25.7 Å². The molecule has 0 aromatic carbocycles. The summed E-state index contributed by atoms with van der Waals surface area (Å²) in [4.78, 5) is 14.4. The molecule has 2 rings (SSSR count). The standard InChI is InChI=1S/C12H20N4O/c1-15-6-8-16(9-7-15)14-11(17)12(10-13)4-2-3-5-12/h2-9H2,1H3,(H,14,17). The van der Waals surface area contributed by atoms with Crippen LogP contribution < -0.4 is 5.43 Å². The van der Waals surface area contributed by atoms with Gasteiger partial charge in [0.1, 0.15) is 5.41 Å². The number of amides is 1. The van der Waals surface area contributed by atoms with Crippen molar-refractivity contribution in [2.75, 3.05) is 33.2 Å². The SMILES string of the molecule is CN1CCN(NC(=O)C2(C#N)CCCC2)CC1. The molecular formula is C12H20N4O. The number of carbonyl (C=O) groups is 1. The highest BCUT2D eigenvalue weighted by molar-refractivity contribution is 5.85. The van der Waals surface area contributed by atoms with E-state index in [1.54, 1.807) is 0 Å². The molecular weight excluding hydrogens is 216 g/mol. The number of nitrogens with zero attached hydrogens (tertiary/aromatic N) is 3. The molecule has 0 atom stereocenters. The number of hydrogen-bond donors (Lipinski definition) is 1. The Hall–Kier alpha value is -1.12. The summed E-state index contributed by atoms with van der Waals surface area (Å²) in [5, 5.41) is 11.2. The molecule has 0 unspecified atom stereocenters. The van der Waals surface area contributed by atoms with Gasteiger partial charge in [0.2, 0.25) is 0 Å². The second-order valence-electron chi connectivity index (χ2n) is 5.13. The van der Waals surface area contributed by atoms with Gasteiger partial charge in [0, 0.05) is 26.2 Å². The predicted molar refractivity (Wildman–Crippen MR) is 63.7 cm³/mol. The van der Waals surface area contributed by atoms with Gasteiger partial charge in [0.25, 0.3) is 5.91 Å². The first-order valence-corrected chi connectivity index (χ1v) is 6.32. The van der Waals surface area contributed by atoms with Crippen LogP contribution in [0, 0.1) is 16.7 Å². The van der Waals surface area contributed by atoms with Gasteiger partial charge in [-0.15, -0.1) is 0 Å². The van der Waals surface area contributed by atoms with Crippen molar-refractivity contribution in [1.82, 2.24) is 15.3 Å². The fourth-order valence-electron chi connectivity index (χ4n) is 2.54. The lowest BCUT2D eigenvalue weighted by Crippen LogP contribution is -2.55. The molecule has 1 aliphatic heterocycles. The third-order valence-corrected chi connectivity index (χ3v) is 3.87. The van der Waals surface area contributed by atoms with Gasteiger partial charge in [-0.1, -0.05) is 12.8 Å². The van der Waals surface area contributed by atoms with Crippen molar-refractivity contribution >= 4 is 5.91 Å². The molecule has 5 nitrogen and oxygen atoms in total. The predicted octanol–water partition coefficient (Wildman–Crippen LogP) is 0.349. The van der Waals surface area contributed by atoms with E-state index in [2.05, 4.69) is 23.4 Å². The Kier molecular flexibility index (Phi) is 3.65. The zero-order valence-corrected chi connectivity index (χ0v) is 10.4. The van der Waals surface area contributed by atoms with E-state index in [0.717, 1.165) is 39.0 Å². The molecule has 0 aromatic heterocycles. The topological polar surface area (TPSA) is 59.4 Å². The maximum atomic E-state index is 12.2. The molecule has 17 heavy (non-hydrogen) atoms. The number of carbonyl (C=O) groups excluding carboxylic acids is 1. The molecule has 0 aromatic rings. The van der Waals surface area contributed by atoms with Crippen molar-refractivity contribution in [3.63, 3.8) is 0 Å². The minimum Gasteiger partial charge on any atom is -0.304 e. The Morgan fingerprint density at radius 1 is 1.24 bits per heavy atom. The second-order valence-corrected chi connectivity index (χ2v) is 5.13. The molecule has 1 N–H and O–H groups in total. The van der Waals surface area contributed by atoms with E-state index < -0.39 is 5.41 Å². The zero-order valence-electron chi connectivity index (χ0n) is 10.4. The summed E-state index contributed by atoms with van der Waals surface area (Å²) in [5.74, 6) is -0.0953. The number of rotatable bonds is 2. The van der Waals surface area contributed by atoms with E-state index in [1.807, 2.05) is 5.01 Å². The first-order chi connectivity index (χ1) is 8.16. The first kappa shape index (κ1) is 12.3. The Labute approximate surface area is 102 Å². The van der Waals surface area contributed by atoms with Crippen molar-refractivity contribution in [3.05, 3.63) is 0 Å². The fourth-order valence-corrected chi connectivity index (χ4v) is 2.54. The molecule has 2 aliphatic rings. The maximum Gasteiger partial charge on any atom is 0.254 e. The van der Waals surface area contributed by atoms with Crippen molar-refractivity contribution in [2.24, 2.45) is 5.41 Å². The molecule has 1 amide bonds. The molecule has 94 valence electrons. The summed E-state index contributed by atoms with van der Waals surface area (Å²) in [6, 6.07) is 2.23. The van der Waals surface area contributed by atoms with Gasteiger partial charge in [-0.25, -0.2) is 5.01 Å². The lowest BCUT2D eigenvalue weighted by molar-refractivity contribution is -0.133. The minimum atomic E-state index is -0.761. The summed E-state index contributed by atoms with van der Waals surface area (Å²) < 4.78 is 0. The van der Waals surface area contributed by atoms with Gasteiger partial charge in [-0.3, -0.25) is 10.2 Å². The Balaban J connectivity index is 1.90. The summed E-state index contributed by atoms with van der Waals surface area (Å²) in [6.45, 7) is 3.59. The van der Waals surface area contributed by atoms with E-state index in [1.165, 1.54) is 0 Å².